The van der Waals surface area contributed by atoms with E-state index in [-0.39, 0.29) is 18.1 Å². The Bertz CT molecular complexity index is 639. The molecule has 0 aromatic heterocycles. The predicted molar refractivity (Wildman–Crippen MR) is 78.4 cm³/mol. The van der Waals surface area contributed by atoms with Crippen molar-refractivity contribution in [2.45, 2.75) is 19.9 Å². The van der Waals surface area contributed by atoms with Crippen LogP contribution in [0.5, 0.6) is 11.5 Å². The van der Waals surface area contributed by atoms with Crippen LogP contribution in [0.25, 0.3) is 0 Å². The van der Waals surface area contributed by atoms with Crippen molar-refractivity contribution in [2.24, 2.45) is 0 Å². The maximum absolute atomic E-state index is 12.2. The third kappa shape index (κ3) is 2.98. The monoisotopic (exact) mass is 306 g/mol. The van der Waals surface area contributed by atoms with Crippen LogP contribution in [0.2, 0.25) is 0 Å². The van der Waals surface area contributed by atoms with Crippen LogP contribution in [0.4, 0.5) is 4.79 Å². The first kappa shape index (κ1) is 15.7. The minimum absolute atomic E-state index is 0.0232. The molecule has 0 fully saturated rings. The van der Waals surface area contributed by atoms with Crippen molar-refractivity contribution in [2.75, 3.05) is 13.7 Å². The van der Waals surface area contributed by atoms with Crippen LogP contribution in [0, 0.1) is 0 Å². The lowest BCUT2D eigenvalue weighted by molar-refractivity contribution is -0.139. The van der Waals surface area contributed by atoms with Crippen molar-refractivity contribution in [3.63, 3.8) is 0 Å². The standard InChI is InChI=1S/C15H18N2O5/c1-4-22-14(19)12-8(2)16-15(20)17-13(12)9-5-6-10(18)11(7-9)21-3/h5-7,13,18H,4H2,1-3H3,(H2,16,17,20)/t13-/m0/s1. The fraction of sp³-hybridized carbons (Fsp3) is 0.333. The fourth-order valence-electron chi connectivity index (χ4n) is 2.30. The molecular formula is C15H18N2O5. The number of carbonyl (C=O) groups excluding carboxylic acids is 2. The number of esters is 1. The van der Waals surface area contributed by atoms with E-state index in [1.54, 1.807) is 26.0 Å². The molecular weight excluding hydrogens is 288 g/mol. The first-order chi connectivity index (χ1) is 10.5. The van der Waals surface area contributed by atoms with Gasteiger partial charge in [0.05, 0.1) is 25.3 Å². The summed E-state index contributed by atoms with van der Waals surface area (Å²) in [5, 5.41) is 14.9. The normalized spacial score (nSPS) is 17.6. The van der Waals surface area contributed by atoms with Gasteiger partial charge in [-0.1, -0.05) is 6.07 Å². The maximum Gasteiger partial charge on any atom is 0.338 e. The zero-order valence-electron chi connectivity index (χ0n) is 12.6. The number of hydrogen-bond donors (Lipinski definition) is 3. The Hall–Kier alpha value is -2.70. The van der Waals surface area contributed by atoms with Gasteiger partial charge >= 0.3 is 12.0 Å². The van der Waals surface area contributed by atoms with E-state index in [4.69, 9.17) is 9.47 Å². The lowest BCUT2D eigenvalue weighted by atomic mass is 9.95. The Morgan fingerprint density at radius 2 is 2.14 bits per heavy atom. The largest absolute Gasteiger partial charge is 0.504 e. The summed E-state index contributed by atoms with van der Waals surface area (Å²) in [5.74, 6) is -0.277. The van der Waals surface area contributed by atoms with E-state index < -0.39 is 18.0 Å². The molecule has 0 bridgehead atoms. The fourth-order valence-corrected chi connectivity index (χ4v) is 2.30. The first-order valence-corrected chi connectivity index (χ1v) is 6.80. The van der Waals surface area contributed by atoms with Gasteiger partial charge in [-0.05, 0) is 31.5 Å². The zero-order valence-corrected chi connectivity index (χ0v) is 12.6. The number of benzene rings is 1. The van der Waals surface area contributed by atoms with Gasteiger partial charge in [0, 0.05) is 5.70 Å². The summed E-state index contributed by atoms with van der Waals surface area (Å²) in [7, 11) is 1.42. The summed E-state index contributed by atoms with van der Waals surface area (Å²) < 4.78 is 10.1. The highest BCUT2D eigenvalue weighted by Gasteiger charge is 2.32. The number of hydrogen-bond acceptors (Lipinski definition) is 5. The summed E-state index contributed by atoms with van der Waals surface area (Å²) in [6, 6.07) is 3.53. The Morgan fingerprint density at radius 1 is 1.41 bits per heavy atom. The minimum Gasteiger partial charge on any atom is -0.504 e. The van der Waals surface area contributed by atoms with E-state index in [1.165, 1.54) is 13.2 Å². The molecule has 2 rings (SSSR count). The second kappa shape index (κ2) is 6.38. The highest BCUT2D eigenvalue weighted by molar-refractivity contribution is 5.95. The van der Waals surface area contributed by atoms with E-state index in [2.05, 4.69) is 10.6 Å². The lowest BCUT2D eigenvalue weighted by Gasteiger charge is -2.28. The minimum atomic E-state index is -0.678. The van der Waals surface area contributed by atoms with Gasteiger partial charge in [-0.2, -0.15) is 0 Å². The van der Waals surface area contributed by atoms with Crippen molar-refractivity contribution < 1.29 is 24.2 Å². The van der Waals surface area contributed by atoms with Gasteiger partial charge in [-0.25, -0.2) is 9.59 Å². The van der Waals surface area contributed by atoms with Crippen LogP contribution in [0.15, 0.2) is 29.5 Å². The summed E-state index contributed by atoms with van der Waals surface area (Å²) in [4.78, 5) is 23.9. The average Bonchev–Trinajstić information content (AvgIpc) is 2.47. The summed E-state index contributed by atoms with van der Waals surface area (Å²) in [5.41, 5.74) is 1.35. The topological polar surface area (TPSA) is 96.9 Å². The number of nitrogens with one attached hydrogen (secondary N) is 2. The molecule has 0 aliphatic carbocycles. The van der Waals surface area contributed by atoms with Crippen LogP contribution in [0.3, 0.4) is 0 Å². The molecule has 1 aliphatic rings. The van der Waals surface area contributed by atoms with E-state index >= 15 is 0 Å². The number of amides is 2. The molecule has 1 aromatic carbocycles. The van der Waals surface area contributed by atoms with Gasteiger partial charge in [0.25, 0.3) is 0 Å². The number of urea groups is 1. The molecule has 1 atom stereocenters. The molecule has 22 heavy (non-hydrogen) atoms. The van der Waals surface area contributed by atoms with Crippen molar-refractivity contribution >= 4 is 12.0 Å². The molecule has 0 spiro atoms. The average molecular weight is 306 g/mol. The van der Waals surface area contributed by atoms with Gasteiger partial charge in [0.2, 0.25) is 0 Å². The number of ether oxygens (including phenoxy) is 2. The predicted octanol–water partition coefficient (Wildman–Crippen LogP) is 1.59. The molecule has 0 saturated heterocycles. The summed E-state index contributed by atoms with van der Waals surface area (Å²) in [6.07, 6.45) is 0. The number of phenolic OH excluding ortho intramolecular Hbond substituents is 1. The van der Waals surface area contributed by atoms with Gasteiger partial charge in [-0.3, -0.25) is 0 Å². The van der Waals surface area contributed by atoms with E-state index in [0.717, 1.165) is 0 Å². The van der Waals surface area contributed by atoms with Crippen molar-refractivity contribution in [1.29, 1.82) is 0 Å². The number of rotatable bonds is 4. The third-order valence-corrected chi connectivity index (χ3v) is 3.30. The Labute approximate surface area is 127 Å². The molecule has 7 nitrogen and oxygen atoms in total. The second-order valence-corrected chi connectivity index (χ2v) is 4.72. The van der Waals surface area contributed by atoms with Crippen LogP contribution in [-0.2, 0) is 9.53 Å². The number of allylic oxidation sites excluding steroid dienone is 1. The van der Waals surface area contributed by atoms with Gasteiger partial charge in [-0.15, -0.1) is 0 Å². The first-order valence-electron chi connectivity index (χ1n) is 6.80. The molecule has 7 heteroatoms. The van der Waals surface area contributed by atoms with E-state index in [9.17, 15) is 14.7 Å². The quantitative estimate of drug-likeness (QED) is 0.734. The maximum atomic E-state index is 12.2. The van der Waals surface area contributed by atoms with Gasteiger partial charge in [0.15, 0.2) is 11.5 Å². The molecule has 0 saturated carbocycles. The highest BCUT2D eigenvalue weighted by atomic mass is 16.5. The number of methoxy groups -OCH3 is 1. The van der Waals surface area contributed by atoms with E-state index in [1.807, 2.05) is 0 Å². The molecule has 1 heterocycles. The molecule has 1 aromatic rings. The number of carbonyl (C=O) groups is 2. The van der Waals surface area contributed by atoms with Crippen molar-refractivity contribution in [3.05, 3.63) is 35.0 Å². The molecule has 3 N–H and O–H groups in total. The Balaban J connectivity index is 2.47. The number of phenols is 1. The molecule has 1 aliphatic heterocycles. The van der Waals surface area contributed by atoms with Gasteiger partial charge in [0.1, 0.15) is 0 Å². The Morgan fingerprint density at radius 3 is 2.77 bits per heavy atom. The molecule has 0 unspecified atom stereocenters. The molecule has 0 radical (unpaired) electrons. The van der Waals surface area contributed by atoms with Crippen LogP contribution >= 0.6 is 0 Å². The second-order valence-electron chi connectivity index (χ2n) is 4.72. The Kier molecular flexibility index (Phi) is 4.55. The van der Waals surface area contributed by atoms with Crippen LogP contribution in [-0.4, -0.2) is 30.8 Å². The van der Waals surface area contributed by atoms with Crippen LogP contribution < -0.4 is 15.4 Å². The van der Waals surface area contributed by atoms with E-state index in [0.29, 0.717) is 16.8 Å². The van der Waals surface area contributed by atoms with Crippen molar-refractivity contribution in [1.82, 2.24) is 10.6 Å². The molecule has 2 amide bonds. The molecule has 118 valence electrons. The smallest absolute Gasteiger partial charge is 0.338 e. The summed E-state index contributed by atoms with van der Waals surface area (Å²) in [6.45, 7) is 3.58. The SMILES string of the molecule is CCOC(=O)C1=C(C)NC(=O)N[C@H]1c1ccc(O)c(OC)c1. The zero-order chi connectivity index (χ0) is 16.3. The highest BCUT2D eigenvalue weighted by Crippen LogP contribution is 2.33. The number of aromatic hydroxyl groups is 1. The summed E-state index contributed by atoms with van der Waals surface area (Å²) >= 11 is 0. The lowest BCUT2D eigenvalue weighted by Crippen LogP contribution is -2.45. The van der Waals surface area contributed by atoms with Gasteiger partial charge < -0.3 is 25.2 Å². The third-order valence-electron chi connectivity index (χ3n) is 3.30. The van der Waals surface area contributed by atoms with Crippen LogP contribution in [0.1, 0.15) is 25.5 Å². The van der Waals surface area contributed by atoms with Crippen molar-refractivity contribution in [3.8, 4) is 11.5 Å².